The van der Waals surface area contributed by atoms with Crippen LogP contribution in [0.25, 0.3) is 0 Å². The van der Waals surface area contributed by atoms with E-state index in [1.807, 2.05) is 0 Å². The molecule has 2 aromatic carbocycles. The molecule has 0 bridgehead atoms. The zero-order valence-corrected chi connectivity index (χ0v) is 16.2. The van der Waals surface area contributed by atoms with Gasteiger partial charge in [-0.15, -0.1) is 0 Å². The largest absolute Gasteiger partial charge is 0.461 e. The zero-order chi connectivity index (χ0) is 21.6. The molecule has 30 heavy (non-hydrogen) atoms. The molecule has 0 saturated carbocycles. The van der Waals surface area contributed by atoms with Gasteiger partial charge in [0.2, 0.25) is 0 Å². The minimum atomic E-state index is -0.738. The van der Waals surface area contributed by atoms with Gasteiger partial charge < -0.3 is 20.1 Å². The lowest BCUT2D eigenvalue weighted by molar-refractivity contribution is -0.140. The average Bonchev–Trinajstić information content (AvgIpc) is 2.79. The Morgan fingerprint density at radius 1 is 0.633 bits per heavy atom. The summed E-state index contributed by atoms with van der Waals surface area (Å²) in [7, 11) is 0. The second-order valence-electron chi connectivity index (χ2n) is 5.91. The number of carbonyl (C=O) groups is 4. The number of ether oxygens (including phenoxy) is 2. The Bertz CT molecular complexity index is 808. The molecule has 0 aliphatic carbocycles. The molecule has 2 rings (SSSR count). The third-order valence-corrected chi connectivity index (χ3v) is 3.69. The second-order valence-corrected chi connectivity index (χ2v) is 5.91. The van der Waals surface area contributed by atoms with Gasteiger partial charge in [0.1, 0.15) is 13.2 Å². The molecule has 0 fully saturated rings. The van der Waals surface area contributed by atoms with E-state index in [2.05, 4.69) is 10.6 Å². The second kappa shape index (κ2) is 12.5. The average molecular weight is 410 g/mol. The maximum atomic E-state index is 11.8. The first-order valence-electron chi connectivity index (χ1n) is 9.24. The summed E-state index contributed by atoms with van der Waals surface area (Å²) >= 11 is 0. The molecule has 0 aliphatic rings. The van der Waals surface area contributed by atoms with Gasteiger partial charge in [-0.25, -0.2) is 9.59 Å². The molecular weight excluding hydrogens is 388 g/mol. The molecule has 0 unspecified atom stereocenters. The molecule has 2 amide bonds. The standard InChI is InChI=1S/C22H22N2O6/c25-19(29-15-13-23-21(27)17-7-3-1-4-8-17)11-12-20(26)30-16-14-24-22(28)18-9-5-2-6-10-18/h1-12H,13-16H2,(H,23,27)(H,24,28)/b12-11+. The normalized spacial score (nSPS) is 10.3. The van der Waals surface area contributed by atoms with E-state index < -0.39 is 11.9 Å². The van der Waals surface area contributed by atoms with Crippen molar-refractivity contribution in [2.45, 2.75) is 0 Å². The van der Waals surface area contributed by atoms with E-state index in [0.29, 0.717) is 11.1 Å². The maximum Gasteiger partial charge on any atom is 0.331 e. The first kappa shape index (κ1) is 22.4. The number of hydrogen-bond donors (Lipinski definition) is 2. The van der Waals surface area contributed by atoms with Gasteiger partial charge in [0.25, 0.3) is 11.8 Å². The Balaban J connectivity index is 1.55. The summed E-state index contributed by atoms with van der Waals surface area (Å²) in [6.07, 6.45) is 1.87. The number of esters is 2. The summed E-state index contributed by atoms with van der Waals surface area (Å²) in [5, 5.41) is 5.22. The molecule has 0 aromatic heterocycles. The van der Waals surface area contributed by atoms with Crippen molar-refractivity contribution < 1.29 is 28.7 Å². The molecule has 2 aromatic rings. The Kier molecular flexibility index (Phi) is 9.32. The van der Waals surface area contributed by atoms with Gasteiger partial charge in [-0.2, -0.15) is 0 Å². The first-order chi connectivity index (χ1) is 14.6. The Morgan fingerprint density at radius 2 is 1.00 bits per heavy atom. The summed E-state index contributed by atoms with van der Waals surface area (Å²) in [4.78, 5) is 46.7. The summed E-state index contributed by atoms with van der Waals surface area (Å²) < 4.78 is 9.76. The predicted molar refractivity (Wildman–Crippen MR) is 109 cm³/mol. The number of carbonyl (C=O) groups excluding carboxylic acids is 4. The Hall–Kier alpha value is -3.94. The SMILES string of the molecule is O=C(/C=C/C(=O)OCCNC(=O)c1ccccc1)OCCNC(=O)c1ccccc1. The van der Waals surface area contributed by atoms with Crippen LogP contribution in [-0.4, -0.2) is 50.1 Å². The van der Waals surface area contributed by atoms with Crippen LogP contribution in [0.3, 0.4) is 0 Å². The molecule has 8 nitrogen and oxygen atoms in total. The Labute approximate surface area is 173 Å². The monoisotopic (exact) mass is 410 g/mol. The molecule has 8 heteroatoms. The lowest BCUT2D eigenvalue weighted by Gasteiger charge is -2.06. The van der Waals surface area contributed by atoms with Crippen molar-refractivity contribution in [2.24, 2.45) is 0 Å². The molecule has 0 spiro atoms. The van der Waals surface area contributed by atoms with Crippen LogP contribution < -0.4 is 10.6 Å². The number of hydrogen-bond acceptors (Lipinski definition) is 6. The topological polar surface area (TPSA) is 111 Å². The summed E-state index contributed by atoms with van der Waals surface area (Å²) in [5.74, 6) is -2.02. The third kappa shape index (κ3) is 8.39. The van der Waals surface area contributed by atoms with E-state index in [1.54, 1.807) is 60.7 Å². The molecule has 156 valence electrons. The molecular formula is C22H22N2O6. The van der Waals surface area contributed by atoms with Gasteiger partial charge in [-0.05, 0) is 24.3 Å². The van der Waals surface area contributed by atoms with Gasteiger partial charge in [-0.3, -0.25) is 9.59 Å². The minimum Gasteiger partial charge on any atom is -0.461 e. The summed E-state index contributed by atoms with van der Waals surface area (Å²) in [6, 6.07) is 17.3. The quantitative estimate of drug-likeness (QED) is 0.349. The van der Waals surface area contributed by atoms with E-state index in [9.17, 15) is 19.2 Å². The zero-order valence-electron chi connectivity index (χ0n) is 16.2. The molecule has 0 radical (unpaired) electrons. The van der Waals surface area contributed by atoms with Crippen molar-refractivity contribution >= 4 is 23.8 Å². The van der Waals surface area contributed by atoms with Crippen LogP contribution in [0.5, 0.6) is 0 Å². The van der Waals surface area contributed by atoms with E-state index >= 15 is 0 Å². The number of amides is 2. The fraction of sp³-hybridized carbons (Fsp3) is 0.182. The summed E-state index contributed by atoms with van der Waals surface area (Å²) in [6.45, 7) is 0.197. The lowest BCUT2D eigenvalue weighted by atomic mass is 10.2. The van der Waals surface area contributed by atoms with Crippen molar-refractivity contribution in [1.82, 2.24) is 10.6 Å². The fourth-order valence-corrected chi connectivity index (χ4v) is 2.25. The smallest absolute Gasteiger partial charge is 0.331 e. The van der Waals surface area contributed by atoms with Crippen LogP contribution in [0.15, 0.2) is 72.8 Å². The van der Waals surface area contributed by atoms with Crippen LogP contribution in [0, 0.1) is 0 Å². The highest BCUT2D eigenvalue weighted by Crippen LogP contribution is 1.98. The van der Waals surface area contributed by atoms with Crippen LogP contribution in [0.1, 0.15) is 20.7 Å². The van der Waals surface area contributed by atoms with Crippen LogP contribution in [0.4, 0.5) is 0 Å². The van der Waals surface area contributed by atoms with E-state index in [0.717, 1.165) is 12.2 Å². The highest BCUT2D eigenvalue weighted by atomic mass is 16.5. The molecule has 0 heterocycles. The highest BCUT2D eigenvalue weighted by Gasteiger charge is 2.06. The predicted octanol–water partition coefficient (Wildman–Crippen LogP) is 1.49. The first-order valence-corrected chi connectivity index (χ1v) is 9.24. The molecule has 0 atom stereocenters. The van der Waals surface area contributed by atoms with Gasteiger partial charge in [0, 0.05) is 23.3 Å². The van der Waals surface area contributed by atoms with E-state index in [4.69, 9.17) is 9.47 Å². The van der Waals surface area contributed by atoms with Crippen LogP contribution >= 0.6 is 0 Å². The van der Waals surface area contributed by atoms with Crippen LogP contribution in [-0.2, 0) is 19.1 Å². The number of nitrogens with one attached hydrogen (secondary N) is 2. The fourth-order valence-electron chi connectivity index (χ4n) is 2.25. The van der Waals surface area contributed by atoms with Crippen molar-refractivity contribution in [3.05, 3.63) is 83.9 Å². The minimum absolute atomic E-state index is 0.0394. The molecule has 0 aliphatic heterocycles. The van der Waals surface area contributed by atoms with Crippen LogP contribution in [0.2, 0.25) is 0 Å². The van der Waals surface area contributed by atoms with Crippen molar-refractivity contribution in [3.8, 4) is 0 Å². The maximum absolute atomic E-state index is 11.8. The number of benzene rings is 2. The number of rotatable bonds is 10. The highest BCUT2D eigenvalue weighted by molar-refractivity contribution is 5.94. The lowest BCUT2D eigenvalue weighted by Crippen LogP contribution is -2.28. The van der Waals surface area contributed by atoms with E-state index in [-0.39, 0.29) is 38.1 Å². The van der Waals surface area contributed by atoms with Gasteiger partial charge in [0.15, 0.2) is 0 Å². The summed E-state index contributed by atoms with van der Waals surface area (Å²) in [5.41, 5.74) is 1.01. The molecule has 0 saturated heterocycles. The van der Waals surface area contributed by atoms with Crippen molar-refractivity contribution in [1.29, 1.82) is 0 Å². The molecule has 2 N–H and O–H groups in total. The Morgan fingerprint density at radius 3 is 1.37 bits per heavy atom. The van der Waals surface area contributed by atoms with Gasteiger partial charge >= 0.3 is 11.9 Å². The third-order valence-electron chi connectivity index (χ3n) is 3.69. The van der Waals surface area contributed by atoms with Crippen molar-refractivity contribution in [2.75, 3.05) is 26.3 Å². The van der Waals surface area contributed by atoms with E-state index in [1.165, 1.54) is 0 Å². The van der Waals surface area contributed by atoms with Gasteiger partial charge in [0.05, 0.1) is 13.1 Å². The van der Waals surface area contributed by atoms with Gasteiger partial charge in [-0.1, -0.05) is 36.4 Å². The van der Waals surface area contributed by atoms with Crippen molar-refractivity contribution in [3.63, 3.8) is 0 Å².